The van der Waals surface area contributed by atoms with Gasteiger partial charge < -0.3 is 5.32 Å². The van der Waals surface area contributed by atoms with Gasteiger partial charge >= 0.3 is 6.03 Å². The molecule has 2 rings (SSSR count). The Bertz CT molecular complexity index is 366. The molecule has 2 N–H and O–H groups in total. The molecule has 3 atom stereocenters. The Morgan fingerprint density at radius 3 is 3.06 bits per heavy atom. The summed E-state index contributed by atoms with van der Waals surface area (Å²) in [5, 5.41) is 17.1. The van der Waals surface area contributed by atoms with E-state index in [0.717, 1.165) is 11.5 Å². The molecule has 0 bridgehead atoms. The monoisotopic (exact) mass is 240 g/mol. The highest BCUT2D eigenvalue weighted by Gasteiger charge is 2.45. The summed E-state index contributed by atoms with van der Waals surface area (Å²) in [6.07, 6.45) is 1.05. The predicted octanol–water partition coefficient (Wildman–Crippen LogP) is 2.27. The second-order valence-electron chi connectivity index (χ2n) is 4.20. The zero-order valence-electron chi connectivity index (χ0n) is 9.38. The minimum Gasteiger partial charge on any atom is -0.339 e. The molecular weight excluding hydrogens is 224 g/mol. The van der Waals surface area contributed by atoms with Crippen molar-refractivity contribution < 1.29 is 10.0 Å². The zero-order chi connectivity index (χ0) is 11.7. The zero-order valence-corrected chi connectivity index (χ0v) is 10.2. The molecule has 1 aromatic rings. The molecule has 88 valence electrons. The summed E-state index contributed by atoms with van der Waals surface area (Å²) in [6, 6.07) is 1.54. The molecule has 0 saturated heterocycles. The molecule has 0 aliphatic heterocycles. The number of nitrogens with zero attached hydrogens (tertiary/aromatic N) is 1. The average molecular weight is 240 g/mol. The number of hydrogen-bond donors (Lipinski definition) is 2. The summed E-state index contributed by atoms with van der Waals surface area (Å²) >= 11 is 1.69. The Morgan fingerprint density at radius 1 is 1.75 bits per heavy atom. The van der Waals surface area contributed by atoms with Crippen LogP contribution in [0.2, 0.25) is 0 Å². The van der Waals surface area contributed by atoms with Gasteiger partial charge in [-0.05, 0) is 47.6 Å². The highest BCUT2D eigenvalue weighted by atomic mass is 32.1. The van der Waals surface area contributed by atoms with E-state index in [4.69, 9.17) is 0 Å². The molecule has 1 aliphatic rings. The van der Waals surface area contributed by atoms with Crippen LogP contribution in [0, 0.1) is 5.92 Å². The Balaban J connectivity index is 1.94. The number of nitrogens with one attached hydrogen (secondary N) is 1. The predicted molar refractivity (Wildman–Crippen MR) is 62.7 cm³/mol. The van der Waals surface area contributed by atoms with Crippen LogP contribution in [-0.4, -0.2) is 29.4 Å². The van der Waals surface area contributed by atoms with Crippen molar-refractivity contribution in [3.05, 3.63) is 22.4 Å². The standard InChI is InChI=1S/C11H16N2O2S/c1-7(13(15)11(14)12-2)9-5-10(9)8-3-4-16-6-8/h3-4,6-7,9-10,15H,5H2,1-2H3,(H,12,14)/t7?,9-,10-/m0/s1. The van der Waals surface area contributed by atoms with Gasteiger partial charge in [0.1, 0.15) is 0 Å². The van der Waals surface area contributed by atoms with Crippen molar-refractivity contribution in [2.45, 2.75) is 25.3 Å². The maximum Gasteiger partial charge on any atom is 0.341 e. The third kappa shape index (κ3) is 2.05. The summed E-state index contributed by atoms with van der Waals surface area (Å²) < 4.78 is 0. The minimum atomic E-state index is -0.441. The number of hydroxylamine groups is 2. The van der Waals surface area contributed by atoms with Crippen molar-refractivity contribution in [2.24, 2.45) is 5.92 Å². The first kappa shape index (κ1) is 11.4. The van der Waals surface area contributed by atoms with E-state index in [0.29, 0.717) is 11.8 Å². The van der Waals surface area contributed by atoms with Gasteiger partial charge in [0.05, 0.1) is 6.04 Å². The van der Waals surface area contributed by atoms with Gasteiger partial charge in [-0.15, -0.1) is 0 Å². The largest absolute Gasteiger partial charge is 0.341 e. The summed E-state index contributed by atoms with van der Waals surface area (Å²) in [5.41, 5.74) is 1.33. The number of urea groups is 1. The van der Waals surface area contributed by atoms with E-state index in [1.807, 2.05) is 6.92 Å². The molecule has 1 fully saturated rings. The van der Waals surface area contributed by atoms with Crippen LogP contribution in [0.3, 0.4) is 0 Å². The lowest BCUT2D eigenvalue weighted by atomic mass is 10.1. The smallest absolute Gasteiger partial charge is 0.339 e. The van der Waals surface area contributed by atoms with Crippen molar-refractivity contribution in [3.8, 4) is 0 Å². The van der Waals surface area contributed by atoms with Crippen LogP contribution in [-0.2, 0) is 0 Å². The summed E-state index contributed by atoms with van der Waals surface area (Å²) in [7, 11) is 1.52. The van der Waals surface area contributed by atoms with Crippen LogP contribution >= 0.6 is 11.3 Å². The summed E-state index contributed by atoms with van der Waals surface area (Å²) in [4.78, 5) is 11.2. The second-order valence-corrected chi connectivity index (χ2v) is 4.98. The van der Waals surface area contributed by atoms with Gasteiger partial charge in [0.2, 0.25) is 0 Å². The van der Waals surface area contributed by atoms with Gasteiger partial charge in [-0.3, -0.25) is 5.21 Å². The Labute approximate surface area is 98.8 Å². The fourth-order valence-electron chi connectivity index (χ4n) is 2.10. The molecule has 2 amide bonds. The molecule has 1 aromatic heterocycles. The molecule has 4 nitrogen and oxygen atoms in total. The first-order valence-electron chi connectivity index (χ1n) is 5.37. The fourth-order valence-corrected chi connectivity index (χ4v) is 2.82. The van der Waals surface area contributed by atoms with E-state index in [-0.39, 0.29) is 6.04 Å². The number of amides is 2. The molecule has 5 heteroatoms. The molecule has 1 aliphatic carbocycles. The van der Waals surface area contributed by atoms with Gasteiger partial charge in [-0.25, -0.2) is 9.86 Å². The van der Waals surface area contributed by atoms with Crippen LogP contribution in [0.15, 0.2) is 16.8 Å². The highest BCUT2D eigenvalue weighted by molar-refractivity contribution is 7.08. The molecule has 0 radical (unpaired) electrons. The van der Waals surface area contributed by atoms with E-state index in [1.165, 1.54) is 12.6 Å². The average Bonchev–Trinajstić information content (AvgIpc) is 2.92. The van der Waals surface area contributed by atoms with E-state index in [9.17, 15) is 10.0 Å². The lowest BCUT2D eigenvalue weighted by Gasteiger charge is -2.22. The quantitative estimate of drug-likeness (QED) is 0.629. The van der Waals surface area contributed by atoms with Crippen LogP contribution in [0.1, 0.15) is 24.8 Å². The van der Waals surface area contributed by atoms with Gasteiger partial charge in [0.15, 0.2) is 0 Å². The third-order valence-corrected chi connectivity index (χ3v) is 3.94. The number of carbonyl (C=O) groups excluding carboxylic acids is 1. The van der Waals surface area contributed by atoms with Crippen molar-refractivity contribution >= 4 is 17.4 Å². The van der Waals surface area contributed by atoms with E-state index >= 15 is 0 Å². The molecule has 16 heavy (non-hydrogen) atoms. The van der Waals surface area contributed by atoms with Crippen LogP contribution in [0.4, 0.5) is 4.79 Å². The molecule has 1 unspecified atom stereocenters. The van der Waals surface area contributed by atoms with Crippen LogP contribution < -0.4 is 5.32 Å². The highest BCUT2D eigenvalue weighted by Crippen LogP contribution is 2.50. The molecule has 0 aromatic carbocycles. The number of carbonyl (C=O) groups is 1. The normalized spacial score (nSPS) is 24.9. The van der Waals surface area contributed by atoms with Gasteiger partial charge in [-0.2, -0.15) is 11.3 Å². The van der Waals surface area contributed by atoms with Gasteiger partial charge in [-0.1, -0.05) is 0 Å². The number of hydrogen-bond acceptors (Lipinski definition) is 3. The number of rotatable bonds is 3. The Morgan fingerprint density at radius 2 is 2.50 bits per heavy atom. The minimum absolute atomic E-state index is 0.134. The molecule has 1 heterocycles. The first-order chi connectivity index (χ1) is 7.65. The first-order valence-corrected chi connectivity index (χ1v) is 6.31. The van der Waals surface area contributed by atoms with Crippen molar-refractivity contribution in [1.29, 1.82) is 0 Å². The fraction of sp³-hybridized carbons (Fsp3) is 0.545. The number of thiophene rings is 1. The van der Waals surface area contributed by atoms with Crippen LogP contribution in [0.5, 0.6) is 0 Å². The lowest BCUT2D eigenvalue weighted by molar-refractivity contribution is -0.0787. The maximum absolute atomic E-state index is 11.2. The summed E-state index contributed by atoms with van der Waals surface area (Å²) in [6.45, 7) is 1.88. The van der Waals surface area contributed by atoms with Crippen molar-refractivity contribution in [3.63, 3.8) is 0 Å². The van der Waals surface area contributed by atoms with Gasteiger partial charge in [0, 0.05) is 7.05 Å². The topological polar surface area (TPSA) is 52.6 Å². The van der Waals surface area contributed by atoms with Gasteiger partial charge in [0.25, 0.3) is 0 Å². The summed E-state index contributed by atoms with van der Waals surface area (Å²) in [5.74, 6) is 0.873. The van der Waals surface area contributed by atoms with E-state index < -0.39 is 6.03 Å². The third-order valence-electron chi connectivity index (χ3n) is 3.24. The molecule has 0 spiro atoms. The van der Waals surface area contributed by atoms with Crippen LogP contribution in [0.25, 0.3) is 0 Å². The van der Waals surface area contributed by atoms with E-state index in [1.54, 1.807) is 11.3 Å². The maximum atomic E-state index is 11.2. The second kappa shape index (κ2) is 4.43. The Hall–Kier alpha value is -1.07. The molecular formula is C11H16N2O2S. The van der Waals surface area contributed by atoms with Crippen molar-refractivity contribution in [1.82, 2.24) is 10.4 Å². The van der Waals surface area contributed by atoms with E-state index in [2.05, 4.69) is 22.1 Å². The Kier molecular flexibility index (Phi) is 3.16. The molecule has 1 saturated carbocycles. The lowest BCUT2D eigenvalue weighted by Crippen LogP contribution is -2.42. The van der Waals surface area contributed by atoms with Crippen molar-refractivity contribution in [2.75, 3.05) is 7.05 Å². The SMILES string of the molecule is CNC(=O)N(O)C(C)[C@@H]1C[C@H]1c1ccsc1.